The van der Waals surface area contributed by atoms with Gasteiger partial charge in [0, 0.05) is 13.1 Å². The zero-order valence-corrected chi connectivity index (χ0v) is 11.7. The Kier molecular flexibility index (Phi) is 3.96. The Hall–Kier alpha value is -2.05. The van der Waals surface area contributed by atoms with Crippen molar-refractivity contribution in [3.63, 3.8) is 0 Å². The van der Waals surface area contributed by atoms with E-state index >= 15 is 0 Å². The maximum absolute atomic E-state index is 11.5. The first kappa shape index (κ1) is 14.4. The van der Waals surface area contributed by atoms with Gasteiger partial charge < -0.3 is 16.2 Å². The largest absolute Gasteiger partial charge is 0.481 e. The zero-order chi connectivity index (χ0) is 14.9. The number of nitrogens with one attached hydrogen (secondary N) is 1. The van der Waals surface area contributed by atoms with E-state index in [4.69, 9.17) is 5.73 Å². The van der Waals surface area contributed by atoms with Crippen LogP contribution in [0.15, 0.2) is 0 Å². The predicted molar refractivity (Wildman–Crippen MR) is 73.5 cm³/mol. The van der Waals surface area contributed by atoms with Crippen LogP contribution in [0.3, 0.4) is 0 Å². The molecule has 2 rings (SSSR count). The van der Waals surface area contributed by atoms with Crippen LogP contribution >= 0.6 is 0 Å². The molecule has 1 amide bonds. The predicted octanol–water partition coefficient (Wildman–Crippen LogP) is 0.883. The molecule has 1 aromatic rings. The second kappa shape index (κ2) is 5.52. The van der Waals surface area contributed by atoms with Gasteiger partial charge in [0.1, 0.15) is 11.4 Å². The lowest BCUT2D eigenvalue weighted by Crippen LogP contribution is -2.38. The number of aromatic nitrogens is 2. The number of aryl methyl sites for hydroxylation is 2. The molecule has 0 spiro atoms. The van der Waals surface area contributed by atoms with Crippen LogP contribution in [-0.2, 0) is 11.8 Å². The van der Waals surface area contributed by atoms with Gasteiger partial charge in [0.15, 0.2) is 0 Å². The Balaban J connectivity index is 2.29. The highest BCUT2D eigenvalue weighted by molar-refractivity contribution is 5.99. The normalized spacial score (nSPS) is 22.5. The summed E-state index contributed by atoms with van der Waals surface area (Å²) in [5, 5.41) is 16.6. The van der Waals surface area contributed by atoms with Gasteiger partial charge in [-0.2, -0.15) is 5.10 Å². The topological polar surface area (TPSA) is 110 Å². The summed E-state index contributed by atoms with van der Waals surface area (Å²) in [5.41, 5.74) is 6.26. The average Bonchev–Trinajstić information content (AvgIpc) is 2.64. The number of primary amides is 1. The third kappa shape index (κ3) is 2.61. The number of rotatable bonds is 4. The van der Waals surface area contributed by atoms with E-state index in [9.17, 15) is 14.7 Å². The zero-order valence-electron chi connectivity index (χ0n) is 11.7. The number of carboxylic acid groups (broad SMARTS) is 1. The van der Waals surface area contributed by atoms with E-state index in [0.717, 1.165) is 19.3 Å². The van der Waals surface area contributed by atoms with Crippen molar-refractivity contribution < 1.29 is 14.7 Å². The van der Waals surface area contributed by atoms with E-state index < -0.39 is 17.8 Å². The van der Waals surface area contributed by atoms with Crippen LogP contribution in [0.1, 0.15) is 41.7 Å². The van der Waals surface area contributed by atoms with Crippen LogP contribution in [0, 0.1) is 12.8 Å². The molecule has 0 bridgehead atoms. The number of carbonyl (C=O) groups excluding carboxylic acids is 1. The quantitative estimate of drug-likeness (QED) is 0.758. The van der Waals surface area contributed by atoms with Gasteiger partial charge in [0.05, 0.1) is 11.6 Å². The molecule has 1 aromatic heterocycles. The molecule has 7 heteroatoms. The molecule has 1 heterocycles. The van der Waals surface area contributed by atoms with E-state index in [2.05, 4.69) is 10.4 Å². The lowest BCUT2D eigenvalue weighted by atomic mass is 9.84. The number of anilines is 1. The Morgan fingerprint density at radius 2 is 2.05 bits per heavy atom. The smallest absolute Gasteiger partial charge is 0.308 e. The first-order valence-electron chi connectivity index (χ1n) is 6.74. The third-order valence-electron chi connectivity index (χ3n) is 3.87. The average molecular weight is 280 g/mol. The minimum Gasteiger partial charge on any atom is -0.481 e. The maximum atomic E-state index is 11.5. The molecule has 0 aliphatic heterocycles. The summed E-state index contributed by atoms with van der Waals surface area (Å²) in [6.45, 7) is 1.71. The lowest BCUT2D eigenvalue weighted by molar-refractivity contribution is -0.143. The number of amides is 1. The van der Waals surface area contributed by atoms with Crippen molar-refractivity contribution in [1.82, 2.24) is 9.78 Å². The van der Waals surface area contributed by atoms with Gasteiger partial charge in [0.2, 0.25) is 0 Å². The molecular weight excluding hydrogens is 260 g/mol. The number of nitrogens with two attached hydrogens (primary N) is 1. The highest BCUT2D eigenvalue weighted by atomic mass is 16.4. The van der Waals surface area contributed by atoms with Crippen LogP contribution < -0.4 is 11.1 Å². The molecule has 110 valence electrons. The molecule has 1 aliphatic rings. The number of hydrogen-bond acceptors (Lipinski definition) is 4. The molecule has 2 atom stereocenters. The van der Waals surface area contributed by atoms with Crippen LogP contribution in [0.5, 0.6) is 0 Å². The summed E-state index contributed by atoms with van der Waals surface area (Å²) >= 11 is 0. The minimum atomic E-state index is -0.804. The molecule has 1 saturated carbocycles. The molecule has 1 aliphatic carbocycles. The molecule has 2 unspecified atom stereocenters. The first-order chi connectivity index (χ1) is 9.41. The Bertz CT molecular complexity index is 538. The highest BCUT2D eigenvalue weighted by Gasteiger charge is 2.32. The third-order valence-corrected chi connectivity index (χ3v) is 3.87. The van der Waals surface area contributed by atoms with Crippen molar-refractivity contribution in [2.45, 2.75) is 38.6 Å². The highest BCUT2D eigenvalue weighted by Crippen LogP contribution is 2.29. The van der Waals surface area contributed by atoms with Crippen molar-refractivity contribution in [2.24, 2.45) is 18.7 Å². The molecular formula is C13H20N4O3. The summed E-state index contributed by atoms with van der Waals surface area (Å²) in [6.07, 6.45) is 3.31. The van der Waals surface area contributed by atoms with Crippen LogP contribution in [0.25, 0.3) is 0 Å². The standard InChI is InChI=1S/C13H20N4O3/c1-7-10(11(14)18)12(17(2)16-7)15-9-6-4-3-5-8(9)13(19)20/h8-9,15H,3-6H2,1-2H3,(H2,14,18)(H,19,20). The van der Waals surface area contributed by atoms with Gasteiger partial charge in [-0.05, 0) is 19.8 Å². The summed E-state index contributed by atoms with van der Waals surface area (Å²) < 4.78 is 1.54. The van der Waals surface area contributed by atoms with Gasteiger partial charge in [0.25, 0.3) is 5.91 Å². The van der Waals surface area contributed by atoms with Crippen molar-refractivity contribution >= 4 is 17.7 Å². The number of aliphatic carboxylic acids is 1. The molecule has 20 heavy (non-hydrogen) atoms. The van der Waals surface area contributed by atoms with Crippen LogP contribution in [0.4, 0.5) is 5.82 Å². The summed E-state index contributed by atoms with van der Waals surface area (Å²) in [6, 6.07) is -0.200. The Morgan fingerprint density at radius 3 is 2.65 bits per heavy atom. The molecule has 4 N–H and O–H groups in total. The van der Waals surface area contributed by atoms with Crippen molar-refractivity contribution in [3.8, 4) is 0 Å². The second-order valence-electron chi connectivity index (χ2n) is 5.28. The number of hydrogen-bond donors (Lipinski definition) is 3. The molecule has 0 aromatic carbocycles. The molecule has 7 nitrogen and oxygen atoms in total. The molecule has 1 fully saturated rings. The van der Waals surface area contributed by atoms with E-state index in [0.29, 0.717) is 23.5 Å². The monoisotopic (exact) mass is 280 g/mol. The summed E-state index contributed by atoms with van der Waals surface area (Å²) in [7, 11) is 1.71. The summed E-state index contributed by atoms with van der Waals surface area (Å²) in [4.78, 5) is 22.8. The van der Waals surface area contributed by atoms with Gasteiger partial charge in [-0.1, -0.05) is 12.8 Å². The fourth-order valence-electron chi connectivity index (χ4n) is 2.89. The molecule has 0 saturated heterocycles. The fraction of sp³-hybridized carbons (Fsp3) is 0.615. The van der Waals surface area contributed by atoms with Gasteiger partial charge >= 0.3 is 5.97 Å². The van der Waals surface area contributed by atoms with E-state index in [1.165, 1.54) is 0 Å². The lowest BCUT2D eigenvalue weighted by Gasteiger charge is -2.30. The fourth-order valence-corrected chi connectivity index (χ4v) is 2.89. The first-order valence-corrected chi connectivity index (χ1v) is 6.74. The second-order valence-corrected chi connectivity index (χ2v) is 5.28. The minimum absolute atomic E-state index is 0.200. The van der Waals surface area contributed by atoms with Crippen molar-refractivity contribution in [1.29, 1.82) is 0 Å². The van der Waals surface area contributed by atoms with Gasteiger partial charge in [-0.3, -0.25) is 14.3 Å². The van der Waals surface area contributed by atoms with Crippen molar-refractivity contribution in [2.75, 3.05) is 5.32 Å². The van der Waals surface area contributed by atoms with Gasteiger partial charge in [-0.15, -0.1) is 0 Å². The summed E-state index contributed by atoms with van der Waals surface area (Å²) in [5.74, 6) is -1.30. The number of carboxylic acids is 1. The number of nitrogens with zero attached hydrogens (tertiary/aromatic N) is 2. The Labute approximate surface area is 117 Å². The van der Waals surface area contributed by atoms with E-state index in [-0.39, 0.29) is 6.04 Å². The van der Waals surface area contributed by atoms with Crippen LogP contribution in [-0.4, -0.2) is 32.8 Å². The van der Waals surface area contributed by atoms with E-state index in [1.54, 1.807) is 18.7 Å². The number of carbonyl (C=O) groups is 2. The van der Waals surface area contributed by atoms with Crippen LogP contribution in [0.2, 0.25) is 0 Å². The SMILES string of the molecule is Cc1nn(C)c(NC2CCCCC2C(=O)O)c1C(N)=O. The van der Waals surface area contributed by atoms with Crippen molar-refractivity contribution in [3.05, 3.63) is 11.3 Å². The van der Waals surface area contributed by atoms with E-state index in [1.807, 2.05) is 0 Å². The van der Waals surface area contributed by atoms with Gasteiger partial charge in [-0.25, -0.2) is 0 Å². The molecule has 0 radical (unpaired) electrons. The maximum Gasteiger partial charge on any atom is 0.308 e. The Morgan fingerprint density at radius 1 is 1.40 bits per heavy atom.